The van der Waals surface area contributed by atoms with Gasteiger partial charge in [-0.2, -0.15) is 0 Å². The summed E-state index contributed by atoms with van der Waals surface area (Å²) in [5.41, 5.74) is 2.51. The molecule has 2 heteroatoms. The monoisotopic (exact) mass is 133 g/mol. The third kappa shape index (κ3) is 0.801. The predicted octanol–water partition coefficient (Wildman–Crippen LogP) is 1.01. The largest absolute Gasteiger partial charge is 0.233 e. The lowest BCUT2D eigenvalue weighted by atomic mass is 10.1. The van der Waals surface area contributed by atoms with Crippen LogP contribution in [-0.2, 0) is 12.8 Å². The van der Waals surface area contributed by atoms with Crippen LogP contribution in [0.3, 0.4) is 0 Å². The second-order valence-corrected chi connectivity index (χ2v) is 2.96. The number of hydrogen-bond acceptors (Lipinski definition) is 2. The Hall–Kier alpha value is -0.920. The number of aromatic nitrogens is 2. The van der Waals surface area contributed by atoms with E-state index in [-0.39, 0.29) is 0 Å². The van der Waals surface area contributed by atoms with Crippen LogP contribution in [0, 0.1) is 12.2 Å². The third-order valence-corrected chi connectivity index (χ3v) is 1.94. The van der Waals surface area contributed by atoms with Gasteiger partial charge in [0.15, 0.2) is 6.33 Å². The molecular formula is C8H9N2. The van der Waals surface area contributed by atoms with Crippen LogP contribution < -0.4 is 0 Å². The minimum atomic E-state index is 0.750. The van der Waals surface area contributed by atoms with Gasteiger partial charge in [-0.25, -0.2) is 9.97 Å². The van der Waals surface area contributed by atoms with E-state index in [1.54, 1.807) is 0 Å². The topological polar surface area (TPSA) is 25.8 Å². The summed E-state index contributed by atoms with van der Waals surface area (Å²) in [5, 5.41) is 0. The summed E-state index contributed by atoms with van der Waals surface area (Å²) in [6.07, 6.45) is 6.74. The fourth-order valence-electron chi connectivity index (χ4n) is 1.47. The molecule has 2 rings (SSSR count). The van der Waals surface area contributed by atoms with Crippen molar-refractivity contribution in [1.82, 2.24) is 9.97 Å². The highest BCUT2D eigenvalue weighted by molar-refractivity contribution is 5.21. The first-order valence-corrected chi connectivity index (χ1v) is 3.57. The molecule has 1 atom stereocenters. The van der Waals surface area contributed by atoms with Crippen LogP contribution in [0.4, 0.5) is 0 Å². The molecule has 0 aromatic carbocycles. The Labute approximate surface area is 60.3 Å². The van der Waals surface area contributed by atoms with E-state index in [1.807, 2.05) is 6.20 Å². The first-order chi connectivity index (χ1) is 4.86. The van der Waals surface area contributed by atoms with Crippen LogP contribution in [0.2, 0.25) is 0 Å². The van der Waals surface area contributed by atoms with Gasteiger partial charge in [0, 0.05) is 11.9 Å². The van der Waals surface area contributed by atoms with E-state index in [0.717, 1.165) is 18.8 Å². The fraction of sp³-hybridized carbons (Fsp3) is 0.500. The zero-order valence-electron chi connectivity index (χ0n) is 5.96. The molecule has 1 aromatic heterocycles. The Kier molecular flexibility index (Phi) is 1.19. The average Bonchev–Trinajstić information content (AvgIpc) is 2.27. The van der Waals surface area contributed by atoms with Gasteiger partial charge in [-0.3, -0.25) is 0 Å². The Morgan fingerprint density at radius 1 is 1.60 bits per heavy atom. The maximum atomic E-state index is 4.07. The van der Waals surface area contributed by atoms with Gasteiger partial charge in [-0.1, -0.05) is 6.92 Å². The molecule has 0 aliphatic heterocycles. The van der Waals surface area contributed by atoms with Crippen LogP contribution in [0.1, 0.15) is 18.2 Å². The summed E-state index contributed by atoms with van der Waals surface area (Å²) >= 11 is 0. The first kappa shape index (κ1) is 5.83. The molecule has 0 fully saturated rings. The summed E-state index contributed by atoms with van der Waals surface area (Å²) in [7, 11) is 0. The van der Waals surface area contributed by atoms with Gasteiger partial charge in [0.1, 0.15) is 0 Å². The first-order valence-electron chi connectivity index (χ1n) is 3.57. The van der Waals surface area contributed by atoms with Crippen molar-refractivity contribution in [2.24, 2.45) is 5.92 Å². The summed E-state index contributed by atoms with van der Waals surface area (Å²) < 4.78 is 0. The Bertz CT molecular complexity index is 220. The molecule has 1 aliphatic rings. The molecule has 10 heavy (non-hydrogen) atoms. The quantitative estimate of drug-likeness (QED) is 0.528. The summed E-state index contributed by atoms with van der Waals surface area (Å²) in [5.74, 6) is 0.750. The Morgan fingerprint density at radius 2 is 2.50 bits per heavy atom. The number of nitrogens with zero attached hydrogens (tertiary/aromatic N) is 2. The Balaban J connectivity index is 2.42. The van der Waals surface area contributed by atoms with E-state index in [4.69, 9.17) is 0 Å². The summed E-state index contributed by atoms with van der Waals surface area (Å²) in [6.45, 7) is 2.24. The number of hydrogen-bond donors (Lipinski definition) is 0. The average molecular weight is 133 g/mol. The highest BCUT2D eigenvalue weighted by Gasteiger charge is 2.17. The zero-order chi connectivity index (χ0) is 6.97. The smallest absolute Gasteiger partial charge is 0.197 e. The molecule has 1 aliphatic carbocycles. The van der Waals surface area contributed by atoms with Gasteiger partial charge in [0.05, 0.1) is 0 Å². The molecule has 51 valence electrons. The van der Waals surface area contributed by atoms with Gasteiger partial charge < -0.3 is 0 Å². The highest BCUT2D eigenvalue weighted by Crippen LogP contribution is 2.22. The van der Waals surface area contributed by atoms with Crippen LogP contribution in [0.15, 0.2) is 6.20 Å². The van der Waals surface area contributed by atoms with Crippen molar-refractivity contribution in [3.8, 4) is 0 Å². The lowest BCUT2D eigenvalue weighted by Gasteiger charge is -1.92. The maximum absolute atomic E-state index is 4.07. The molecular weight excluding hydrogens is 124 g/mol. The minimum absolute atomic E-state index is 0.750. The van der Waals surface area contributed by atoms with Crippen molar-refractivity contribution in [1.29, 1.82) is 0 Å². The molecule has 0 saturated heterocycles. The molecule has 1 aromatic rings. The molecule has 0 saturated carbocycles. The fourth-order valence-corrected chi connectivity index (χ4v) is 1.47. The highest BCUT2D eigenvalue weighted by atomic mass is 14.8. The maximum Gasteiger partial charge on any atom is 0.197 e. The summed E-state index contributed by atoms with van der Waals surface area (Å²) in [6, 6.07) is 0. The van der Waals surface area contributed by atoms with E-state index < -0.39 is 0 Å². The predicted molar refractivity (Wildman–Crippen MR) is 37.4 cm³/mol. The molecule has 0 amide bonds. The van der Waals surface area contributed by atoms with Crippen LogP contribution in [-0.4, -0.2) is 9.97 Å². The Morgan fingerprint density at radius 3 is 3.30 bits per heavy atom. The van der Waals surface area contributed by atoms with Crippen LogP contribution in [0.5, 0.6) is 0 Å². The van der Waals surface area contributed by atoms with Crippen molar-refractivity contribution in [3.05, 3.63) is 23.8 Å². The standard InChI is InChI=1S/C8H9N2/c1-6-2-7-4-9-5-10-8(7)3-6/h4,6H,2-3H2,1H3. The van der Waals surface area contributed by atoms with Crippen molar-refractivity contribution in [2.45, 2.75) is 19.8 Å². The van der Waals surface area contributed by atoms with E-state index in [2.05, 4.69) is 23.2 Å². The van der Waals surface area contributed by atoms with E-state index in [1.165, 1.54) is 11.3 Å². The van der Waals surface area contributed by atoms with Crippen molar-refractivity contribution < 1.29 is 0 Å². The molecule has 1 unspecified atom stereocenters. The van der Waals surface area contributed by atoms with Crippen molar-refractivity contribution in [2.75, 3.05) is 0 Å². The molecule has 2 nitrogen and oxygen atoms in total. The van der Waals surface area contributed by atoms with Crippen molar-refractivity contribution >= 4 is 0 Å². The molecule has 1 heterocycles. The van der Waals surface area contributed by atoms with Gasteiger partial charge in [0.2, 0.25) is 0 Å². The van der Waals surface area contributed by atoms with Gasteiger partial charge in [-0.05, 0) is 24.3 Å². The van der Waals surface area contributed by atoms with Crippen LogP contribution >= 0.6 is 0 Å². The van der Waals surface area contributed by atoms with Gasteiger partial charge >= 0.3 is 0 Å². The second kappa shape index (κ2) is 2.04. The minimum Gasteiger partial charge on any atom is -0.233 e. The third-order valence-electron chi connectivity index (χ3n) is 1.94. The van der Waals surface area contributed by atoms with Crippen molar-refractivity contribution in [3.63, 3.8) is 0 Å². The lowest BCUT2D eigenvalue weighted by Crippen LogP contribution is -1.90. The van der Waals surface area contributed by atoms with Gasteiger partial charge in [0.25, 0.3) is 0 Å². The lowest BCUT2D eigenvalue weighted by molar-refractivity contribution is 0.623. The van der Waals surface area contributed by atoms with E-state index in [9.17, 15) is 0 Å². The van der Waals surface area contributed by atoms with E-state index in [0.29, 0.717) is 0 Å². The molecule has 0 N–H and O–H groups in total. The number of rotatable bonds is 0. The van der Waals surface area contributed by atoms with E-state index >= 15 is 0 Å². The summed E-state index contributed by atoms with van der Waals surface area (Å²) in [4.78, 5) is 7.93. The molecule has 0 spiro atoms. The van der Waals surface area contributed by atoms with Crippen LogP contribution in [0.25, 0.3) is 0 Å². The SMILES string of the molecule is CC1Cc2cn[c]nc2C1. The van der Waals surface area contributed by atoms with Gasteiger partial charge in [-0.15, -0.1) is 0 Å². The zero-order valence-corrected chi connectivity index (χ0v) is 5.96. The second-order valence-electron chi connectivity index (χ2n) is 2.96. The molecule has 0 bridgehead atoms. The normalized spacial score (nSPS) is 22.7. The molecule has 1 radical (unpaired) electrons. The number of fused-ring (bicyclic) bond motifs is 1.